The highest BCUT2D eigenvalue weighted by atomic mass is 32.1. The van der Waals surface area contributed by atoms with E-state index >= 15 is 0 Å². The zero-order valence-corrected chi connectivity index (χ0v) is 5.24. The molecular formula is C5H7N2S. The van der Waals surface area contributed by atoms with Crippen molar-refractivity contribution in [3.8, 4) is 0 Å². The molecule has 1 heterocycles. The van der Waals surface area contributed by atoms with Crippen LogP contribution in [0.15, 0.2) is 11.6 Å². The van der Waals surface area contributed by atoms with Crippen molar-refractivity contribution in [1.82, 2.24) is 10.3 Å². The Morgan fingerprint density at radius 1 is 1.88 bits per heavy atom. The van der Waals surface area contributed by atoms with Gasteiger partial charge in [0.1, 0.15) is 5.01 Å². The van der Waals surface area contributed by atoms with Crippen LogP contribution in [0.2, 0.25) is 0 Å². The van der Waals surface area contributed by atoms with Crippen LogP contribution in [0, 0.1) is 7.05 Å². The van der Waals surface area contributed by atoms with Crippen LogP contribution < -0.4 is 5.32 Å². The molecule has 0 aliphatic carbocycles. The van der Waals surface area contributed by atoms with Crippen LogP contribution in [-0.4, -0.2) is 4.98 Å². The van der Waals surface area contributed by atoms with Crippen molar-refractivity contribution in [3.05, 3.63) is 23.6 Å². The maximum Gasteiger partial charge on any atom is 0.106 e. The summed E-state index contributed by atoms with van der Waals surface area (Å²) < 4.78 is 0. The number of thiazole rings is 1. The second-order valence-corrected chi connectivity index (χ2v) is 2.33. The molecule has 0 aromatic carbocycles. The van der Waals surface area contributed by atoms with Gasteiger partial charge in [0.15, 0.2) is 0 Å². The van der Waals surface area contributed by atoms with Crippen LogP contribution in [0.1, 0.15) is 5.01 Å². The molecule has 3 heteroatoms. The van der Waals surface area contributed by atoms with E-state index in [2.05, 4.69) is 17.3 Å². The molecule has 0 amide bonds. The van der Waals surface area contributed by atoms with E-state index in [0.717, 1.165) is 11.6 Å². The molecule has 1 rings (SSSR count). The van der Waals surface area contributed by atoms with Crippen LogP contribution in [0.25, 0.3) is 0 Å². The third-order valence-corrected chi connectivity index (χ3v) is 1.54. The molecule has 0 unspecified atom stereocenters. The monoisotopic (exact) mass is 127 g/mol. The van der Waals surface area contributed by atoms with E-state index in [1.165, 1.54) is 0 Å². The summed E-state index contributed by atoms with van der Waals surface area (Å²) in [5.74, 6) is 0. The molecule has 1 aromatic rings. The largest absolute Gasteiger partial charge is 0.309 e. The minimum Gasteiger partial charge on any atom is -0.309 e. The molecule has 0 atom stereocenters. The van der Waals surface area contributed by atoms with Gasteiger partial charge >= 0.3 is 0 Å². The van der Waals surface area contributed by atoms with E-state index in [9.17, 15) is 0 Å². The predicted molar refractivity (Wildman–Crippen MR) is 34.3 cm³/mol. The predicted octanol–water partition coefficient (Wildman–Crippen LogP) is 1.02. The van der Waals surface area contributed by atoms with Gasteiger partial charge in [0.25, 0.3) is 0 Å². The van der Waals surface area contributed by atoms with Gasteiger partial charge in [-0.3, -0.25) is 0 Å². The molecule has 1 radical (unpaired) electrons. The van der Waals surface area contributed by atoms with E-state index in [1.807, 2.05) is 5.38 Å². The molecule has 0 saturated heterocycles. The highest BCUT2D eigenvalue weighted by molar-refractivity contribution is 7.09. The van der Waals surface area contributed by atoms with E-state index in [-0.39, 0.29) is 0 Å². The summed E-state index contributed by atoms with van der Waals surface area (Å²) in [4.78, 5) is 4.02. The first-order valence-electron chi connectivity index (χ1n) is 2.32. The Morgan fingerprint density at radius 3 is 3.25 bits per heavy atom. The molecule has 1 N–H and O–H groups in total. The van der Waals surface area contributed by atoms with Gasteiger partial charge in [-0.15, -0.1) is 11.3 Å². The number of hydrogen-bond donors (Lipinski definition) is 1. The Morgan fingerprint density at radius 2 is 2.75 bits per heavy atom. The van der Waals surface area contributed by atoms with Crippen LogP contribution in [-0.2, 0) is 6.54 Å². The highest BCUT2D eigenvalue weighted by Crippen LogP contribution is 2.01. The van der Waals surface area contributed by atoms with Crippen molar-refractivity contribution in [3.63, 3.8) is 0 Å². The molecule has 43 valence electrons. The molecule has 0 bridgehead atoms. The number of nitrogens with zero attached hydrogens (tertiary/aromatic N) is 1. The lowest BCUT2D eigenvalue weighted by Gasteiger charge is -1.87. The van der Waals surface area contributed by atoms with Gasteiger partial charge in [-0.25, -0.2) is 4.98 Å². The van der Waals surface area contributed by atoms with Gasteiger partial charge in [-0.1, -0.05) is 0 Å². The molecule has 1 aromatic heterocycles. The second kappa shape index (κ2) is 2.79. The maximum absolute atomic E-state index is 4.02. The van der Waals surface area contributed by atoms with Gasteiger partial charge in [0.2, 0.25) is 0 Å². The number of rotatable bonds is 2. The fraction of sp³-hybridized carbons (Fsp3) is 0.200. The average Bonchev–Trinajstić information content (AvgIpc) is 2.19. The SMILES string of the molecule is [CH2]NCc1nccs1. The van der Waals surface area contributed by atoms with Crippen LogP contribution in [0.5, 0.6) is 0 Å². The lowest BCUT2D eigenvalue weighted by molar-refractivity contribution is 0.856. The smallest absolute Gasteiger partial charge is 0.106 e. The first-order chi connectivity index (χ1) is 3.93. The molecule has 0 aliphatic rings. The molecule has 0 spiro atoms. The Kier molecular flexibility index (Phi) is 2.00. The summed E-state index contributed by atoms with van der Waals surface area (Å²) >= 11 is 1.63. The van der Waals surface area contributed by atoms with Gasteiger partial charge in [-0.2, -0.15) is 0 Å². The number of nitrogens with one attached hydrogen (secondary N) is 1. The summed E-state index contributed by atoms with van der Waals surface area (Å²) in [6.07, 6.45) is 1.79. The number of aromatic nitrogens is 1. The van der Waals surface area contributed by atoms with Crippen LogP contribution in [0.4, 0.5) is 0 Å². The zero-order valence-electron chi connectivity index (χ0n) is 4.42. The van der Waals surface area contributed by atoms with Crippen molar-refractivity contribution in [2.75, 3.05) is 0 Å². The second-order valence-electron chi connectivity index (χ2n) is 1.35. The topological polar surface area (TPSA) is 24.9 Å². The molecule has 0 saturated carbocycles. The highest BCUT2D eigenvalue weighted by Gasteiger charge is 1.88. The normalized spacial score (nSPS) is 9.62. The Balaban J connectivity index is 2.50. The minimum atomic E-state index is 0.775. The Bertz CT molecular complexity index is 136. The summed E-state index contributed by atoms with van der Waals surface area (Å²) in [5, 5.41) is 5.80. The first kappa shape index (κ1) is 5.72. The van der Waals surface area contributed by atoms with Crippen molar-refractivity contribution in [1.29, 1.82) is 0 Å². The summed E-state index contributed by atoms with van der Waals surface area (Å²) in [6, 6.07) is 0. The zero-order chi connectivity index (χ0) is 5.82. The van der Waals surface area contributed by atoms with Gasteiger partial charge in [-0.05, 0) is 0 Å². The molecule has 2 nitrogen and oxygen atoms in total. The summed E-state index contributed by atoms with van der Waals surface area (Å²) in [6.45, 7) is 0.775. The lowest BCUT2D eigenvalue weighted by Crippen LogP contribution is -2.00. The quantitative estimate of drug-likeness (QED) is 0.641. The van der Waals surface area contributed by atoms with Crippen molar-refractivity contribution in [2.24, 2.45) is 0 Å². The van der Waals surface area contributed by atoms with Gasteiger partial charge in [0.05, 0.1) is 0 Å². The first-order valence-corrected chi connectivity index (χ1v) is 3.20. The fourth-order valence-corrected chi connectivity index (χ4v) is 1.03. The lowest BCUT2D eigenvalue weighted by atomic mass is 10.7. The molecular weight excluding hydrogens is 120 g/mol. The molecule has 8 heavy (non-hydrogen) atoms. The van der Waals surface area contributed by atoms with Crippen molar-refractivity contribution < 1.29 is 0 Å². The summed E-state index contributed by atoms with van der Waals surface area (Å²) in [7, 11) is 3.48. The average molecular weight is 127 g/mol. The molecule has 0 aliphatic heterocycles. The van der Waals surface area contributed by atoms with E-state index in [4.69, 9.17) is 0 Å². The minimum absolute atomic E-state index is 0.775. The van der Waals surface area contributed by atoms with Gasteiger partial charge < -0.3 is 5.32 Å². The summed E-state index contributed by atoms with van der Waals surface area (Å²) in [5.41, 5.74) is 0. The van der Waals surface area contributed by atoms with Crippen molar-refractivity contribution in [2.45, 2.75) is 6.54 Å². The van der Waals surface area contributed by atoms with E-state index < -0.39 is 0 Å². The number of hydrogen-bond acceptors (Lipinski definition) is 3. The Labute approximate surface area is 52.6 Å². The van der Waals surface area contributed by atoms with Crippen molar-refractivity contribution >= 4 is 11.3 Å². The van der Waals surface area contributed by atoms with E-state index in [0.29, 0.717) is 0 Å². The van der Waals surface area contributed by atoms with Crippen LogP contribution in [0.3, 0.4) is 0 Å². The van der Waals surface area contributed by atoms with Gasteiger partial charge in [0, 0.05) is 25.2 Å². The maximum atomic E-state index is 4.02. The molecule has 0 fully saturated rings. The van der Waals surface area contributed by atoms with Crippen LogP contribution >= 0.6 is 11.3 Å². The Hall–Kier alpha value is -0.410. The fourth-order valence-electron chi connectivity index (χ4n) is 0.447. The standard InChI is InChI=1S/C5H7N2S/c1-6-4-5-7-2-3-8-5/h2-3,6H,1,4H2. The third kappa shape index (κ3) is 1.28. The van der Waals surface area contributed by atoms with E-state index in [1.54, 1.807) is 17.5 Å². The third-order valence-electron chi connectivity index (χ3n) is 0.760.